The first kappa shape index (κ1) is 24.6. The lowest BCUT2D eigenvalue weighted by Gasteiger charge is -2.36. The third kappa shape index (κ3) is 5.12. The van der Waals surface area contributed by atoms with E-state index in [2.05, 4.69) is 83.3 Å². The van der Waals surface area contributed by atoms with Gasteiger partial charge in [0, 0.05) is 34.6 Å². The molecule has 0 spiro atoms. The fraction of sp³-hybridized carbons (Fsp3) is 0.200. The molecule has 4 aromatic rings. The summed E-state index contributed by atoms with van der Waals surface area (Å²) in [6.07, 6.45) is 7.34. The van der Waals surface area contributed by atoms with Gasteiger partial charge in [-0.3, -0.25) is 4.98 Å². The Hall–Kier alpha value is -2.05. The molecule has 0 radical (unpaired) electrons. The SMILES string of the molecule is CC(CCS1(Cc2ccccc2)C=Cc2cnccc21)Nc1nc2ccccc2s1.Cl.Cl. The van der Waals surface area contributed by atoms with Gasteiger partial charge in [-0.05, 0) is 54.3 Å². The molecule has 0 saturated carbocycles. The molecule has 3 heterocycles. The molecule has 0 aliphatic carbocycles. The van der Waals surface area contributed by atoms with Gasteiger partial charge in [-0.1, -0.05) is 53.8 Å². The van der Waals surface area contributed by atoms with Crippen molar-refractivity contribution in [2.45, 2.75) is 30.0 Å². The number of para-hydroxylation sites is 1. The maximum atomic E-state index is 4.75. The molecule has 5 rings (SSSR count). The van der Waals surface area contributed by atoms with Crippen molar-refractivity contribution in [3.05, 3.63) is 89.6 Å². The van der Waals surface area contributed by atoms with Crippen LogP contribution in [0.1, 0.15) is 24.5 Å². The highest BCUT2D eigenvalue weighted by Crippen LogP contribution is 2.64. The van der Waals surface area contributed by atoms with E-state index in [0.29, 0.717) is 6.04 Å². The molecule has 2 aromatic heterocycles. The molecule has 3 nitrogen and oxygen atoms in total. The second-order valence-corrected chi connectivity index (χ2v) is 12.1. The highest BCUT2D eigenvalue weighted by atomic mass is 35.5. The van der Waals surface area contributed by atoms with Crippen molar-refractivity contribution >= 4 is 67.6 Å². The second-order valence-electron chi connectivity index (χ2n) is 7.82. The third-order valence-corrected chi connectivity index (χ3v) is 10.3. The van der Waals surface area contributed by atoms with Crippen LogP contribution in [-0.4, -0.2) is 21.8 Å². The summed E-state index contributed by atoms with van der Waals surface area (Å²) in [5.41, 5.74) is 3.77. The van der Waals surface area contributed by atoms with Crippen LogP contribution in [0.4, 0.5) is 5.13 Å². The number of nitrogens with one attached hydrogen (secondary N) is 1. The summed E-state index contributed by atoms with van der Waals surface area (Å²) >= 11 is 1.74. The van der Waals surface area contributed by atoms with Crippen LogP contribution in [0, 0.1) is 0 Å². The van der Waals surface area contributed by atoms with Gasteiger partial charge in [0.05, 0.1) is 10.2 Å². The van der Waals surface area contributed by atoms with Gasteiger partial charge >= 0.3 is 0 Å². The Morgan fingerprint density at radius 3 is 2.59 bits per heavy atom. The largest absolute Gasteiger partial charge is 0.359 e. The number of thiazole rings is 1. The summed E-state index contributed by atoms with van der Waals surface area (Å²) in [5.74, 6) is 2.25. The number of nitrogens with zero attached hydrogens (tertiary/aromatic N) is 2. The third-order valence-electron chi connectivity index (χ3n) is 5.60. The Morgan fingerprint density at radius 1 is 1.00 bits per heavy atom. The van der Waals surface area contributed by atoms with Gasteiger partial charge in [0.25, 0.3) is 0 Å². The minimum Gasteiger partial charge on any atom is -0.359 e. The Labute approximate surface area is 207 Å². The van der Waals surface area contributed by atoms with Crippen molar-refractivity contribution in [3.63, 3.8) is 0 Å². The van der Waals surface area contributed by atoms with E-state index in [-0.39, 0.29) is 24.8 Å². The van der Waals surface area contributed by atoms with Gasteiger partial charge in [-0.2, -0.15) is 10.0 Å². The normalized spacial score (nSPS) is 19.3. The molecule has 0 bridgehead atoms. The van der Waals surface area contributed by atoms with E-state index in [1.165, 1.54) is 20.7 Å². The highest BCUT2D eigenvalue weighted by molar-refractivity contribution is 8.35. The van der Waals surface area contributed by atoms with E-state index >= 15 is 0 Å². The molecule has 2 aromatic carbocycles. The number of hydrogen-bond donors (Lipinski definition) is 1. The topological polar surface area (TPSA) is 37.8 Å². The lowest BCUT2D eigenvalue weighted by atomic mass is 10.2. The lowest BCUT2D eigenvalue weighted by Crippen LogP contribution is -2.19. The number of pyridine rings is 1. The zero-order valence-corrected chi connectivity index (χ0v) is 21.1. The number of hydrogen-bond acceptors (Lipinski definition) is 4. The van der Waals surface area contributed by atoms with E-state index in [0.717, 1.165) is 28.6 Å². The summed E-state index contributed by atoms with van der Waals surface area (Å²) in [6, 6.07) is 21.8. The minimum absolute atomic E-state index is 0. The van der Waals surface area contributed by atoms with Crippen LogP contribution in [-0.2, 0) is 5.75 Å². The maximum Gasteiger partial charge on any atom is 0.183 e. The molecule has 2 atom stereocenters. The van der Waals surface area contributed by atoms with E-state index in [1.807, 2.05) is 18.5 Å². The van der Waals surface area contributed by atoms with Crippen LogP contribution < -0.4 is 5.32 Å². The van der Waals surface area contributed by atoms with E-state index in [1.54, 1.807) is 11.3 Å². The average Bonchev–Trinajstić information content (AvgIpc) is 3.35. The summed E-state index contributed by atoms with van der Waals surface area (Å²) in [6.45, 7) is 2.27. The van der Waals surface area contributed by atoms with Crippen molar-refractivity contribution < 1.29 is 0 Å². The minimum atomic E-state index is -1.06. The predicted octanol–water partition coefficient (Wildman–Crippen LogP) is 7.77. The summed E-state index contributed by atoms with van der Waals surface area (Å²) < 4.78 is 1.23. The van der Waals surface area contributed by atoms with Gasteiger partial charge in [0.2, 0.25) is 0 Å². The molecule has 1 aliphatic rings. The van der Waals surface area contributed by atoms with Crippen molar-refractivity contribution in [1.82, 2.24) is 9.97 Å². The maximum absolute atomic E-state index is 4.75. The van der Waals surface area contributed by atoms with Gasteiger partial charge in [0.15, 0.2) is 5.13 Å². The second kappa shape index (κ2) is 10.7. The van der Waals surface area contributed by atoms with E-state index in [9.17, 15) is 0 Å². The number of rotatable bonds is 7. The van der Waals surface area contributed by atoms with Gasteiger partial charge in [0.1, 0.15) is 0 Å². The summed E-state index contributed by atoms with van der Waals surface area (Å²) in [5, 5.41) is 7.14. The molecular formula is C25H27Cl2N3S2. The lowest BCUT2D eigenvalue weighted by molar-refractivity contribution is 0.767. The zero-order chi connectivity index (χ0) is 20.4. The number of benzene rings is 2. The fourth-order valence-electron chi connectivity index (χ4n) is 4.02. The van der Waals surface area contributed by atoms with Crippen LogP contribution in [0.25, 0.3) is 16.3 Å². The molecule has 1 N–H and O–H groups in total. The molecule has 32 heavy (non-hydrogen) atoms. The Bertz CT molecular complexity index is 1160. The predicted molar refractivity (Wildman–Crippen MR) is 146 cm³/mol. The molecule has 168 valence electrons. The monoisotopic (exact) mass is 503 g/mol. The van der Waals surface area contributed by atoms with Gasteiger partial charge in [-0.25, -0.2) is 4.98 Å². The number of anilines is 1. The first-order valence-electron chi connectivity index (χ1n) is 10.3. The fourth-order valence-corrected chi connectivity index (χ4v) is 8.78. The Kier molecular flexibility index (Phi) is 8.23. The molecule has 0 saturated heterocycles. The van der Waals surface area contributed by atoms with Crippen LogP contribution in [0.15, 0.2) is 83.4 Å². The summed E-state index contributed by atoms with van der Waals surface area (Å²) in [7, 11) is -1.06. The highest BCUT2D eigenvalue weighted by Gasteiger charge is 2.30. The molecule has 0 amide bonds. The zero-order valence-electron chi connectivity index (χ0n) is 17.8. The van der Waals surface area contributed by atoms with E-state index in [4.69, 9.17) is 4.98 Å². The number of halogens is 2. The standard InChI is InChI=1S/C25H25N3S2.2ClH/c1-19(27-25-28-22-9-5-6-10-23(22)29-25)12-15-30(18-20-7-3-2-4-8-20)16-13-21-17-26-14-11-24(21)30;;/h2-11,13-14,16-17,19H,12,15,18H2,1H3,(H,27,28);2*1H. The van der Waals surface area contributed by atoms with Crippen LogP contribution in [0.5, 0.6) is 0 Å². The Balaban J connectivity index is 0.00000144. The van der Waals surface area contributed by atoms with Gasteiger partial charge in [-0.15, -0.1) is 24.8 Å². The average molecular weight is 505 g/mol. The summed E-state index contributed by atoms with van der Waals surface area (Å²) in [4.78, 5) is 10.6. The van der Waals surface area contributed by atoms with Crippen LogP contribution >= 0.6 is 46.2 Å². The van der Waals surface area contributed by atoms with Gasteiger partial charge < -0.3 is 5.32 Å². The van der Waals surface area contributed by atoms with Crippen LogP contribution in [0.2, 0.25) is 0 Å². The Morgan fingerprint density at radius 2 is 1.78 bits per heavy atom. The van der Waals surface area contributed by atoms with Crippen molar-refractivity contribution in [2.75, 3.05) is 11.1 Å². The number of aromatic nitrogens is 2. The smallest absolute Gasteiger partial charge is 0.183 e. The molecule has 2 unspecified atom stereocenters. The van der Waals surface area contributed by atoms with Crippen molar-refractivity contribution in [3.8, 4) is 0 Å². The van der Waals surface area contributed by atoms with Crippen molar-refractivity contribution in [1.29, 1.82) is 0 Å². The van der Waals surface area contributed by atoms with Crippen molar-refractivity contribution in [2.24, 2.45) is 0 Å². The molecule has 1 aliphatic heterocycles. The first-order valence-corrected chi connectivity index (χ1v) is 13.1. The molecular weight excluding hydrogens is 477 g/mol. The van der Waals surface area contributed by atoms with Crippen LogP contribution in [0.3, 0.4) is 0 Å². The number of fused-ring (bicyclic) bond motifs is 2. The molecule has 7 heteroatoms. The first-order chi connectivity index (χ1) is 14.7. The quantitative estimate of drug-likeness (QED) is 0.279. The molecule has 0 fully saturated rings. The van der Waals surface area contributed by atoms with E-state index < -0.39 is 10.0 Å².